The van der Waals surface area contributed by atoms with Crippen LogP contribution in [0.1, 0.15) is 23.7 Å². The van der Waals surface area contributed by atoms with Gasteiger partial charge in [0.1, 0.15) is 22.8 Å². The molecule has 2 aromatic carbocycles. The number of hydrogen-bond donors (Lipinski definition) is 2. The van der Waals surface area contributed by atoms with E-state index in [0.29, 0.717) is 24.2 Å². The van der Waals surface area contributed by atoms with Crippen molar-refractivity contribution < 1.29 is 14.2 Å². The van der Waals surface area contributed by atoms with Crippen LogP contribution in [0.5, 0.6) is 17.2 Å². The highest BCUT2D eigenvalue weighted by atomic mass is 16.5. The van der Waals surface area contributed by atoms with Crippen molar-refractivity contribution >= 4 is 22.5 Å². The maximum absolute atomic E-state index is 5.57. The molecule has 0 bridgehead atoms. The van der Waals surface area contributed by atoms with Crippen molar-refractivity contribution in [2.75, 3.05) is 39.7 Å². The van der Waals surface area contributed by atoms with Gasteiger partial charge in [-0.25, -0.2) is 9.97 Å². The smallest absolute Gasteiger partial charge is 0.226 e. The summed E-state index contributed by atoms with van der Waals surface area (Å²) >= 11 is 0. The van der Waals surface area contributed by atoms with E-state index in [1.54, 1.807) is 25.8 Å². The Bertz CT molecular complexity index is 1270. The van der Waals surface area contributed by atoms with E-state index in [0.717, 1.165) is 58.9 Å². The molecule has 166 valence electrons. The van der Waals surface area contributed by atoms with Gasteiger partial charge in [0.2, 0.25) is 5.95 Å². The minimum atomic E-state index is 0.296. The van der Waals surface area contributed by atoms with Gasteiger partial charge in [0, 0.05) is 36.0 Å². The van der Waals surface area contributed by atoms with Gasteiger partial charge in [-0.1, -0.05) is 6.07 Å². The molecule has 1 unspecified atom stereocenters. The fourth-order valence-electron chi connectivity index (χ4n) is 4.12. The lowest BCUT2D eigenvalue weighted by molar-refractivity contribution is 0.391. The summed E-state index contributed by atoms with van der Waals surface area (Å²) in [7, 11) is 4.93. The van der Waals surface area contributed by atoms with Crippen LogP contribution in [0, 0.1) is 0 Å². The van der Waals surface area contributed by atoms with Gasteiger partial charge in [0.15, 0.2) is 11.5 Å². The van der Waals surface area contributed by atoms with Crippen molar-refractivity contribution in [2.45, 2.75) is 18.9 Å². The molecule has 1 saturated heterocycles. The summed E-state index contributed by atoms with van der Waals surface area (Å²) in [6.07, 6.45) is 1.03. The van der Waals surface area contributed by atoms with Gasteiger partial charge >= 0.3 is 0 Å². The number of rotatable bonds is 7. The minimum Gasteiger partial charge on any atom is -0.497 e. The lowest BCUT2D eigenvalue weighted by Crippen LogP contribution is -2.10. The van der Waals surface area contributed by atoms with Crippen LogP contribution >= 0.6 is 0 Å². The maximum Gasteiger partial charge on any atom is 0.226 e. The van der Waals surface area contributed by atoms with E-state index in [2.05, 4.69) is 10.6 Å². The van der Waals surface area contributed by atoms with Crippen LogP contribution < -0.4 is 24.8 Å². The molecule has 5 rings (SSSR count). The number of fused-ring (bicyclic) bond motifs is 3. The molecule has 2 aromatic heterocycles. The van der Waals surface area contributed by atoms with Crippen molar-refractivity contribution in [3.63, 3.8) is 0 Å². The number of hydrogen-bond acceptors (Lipinski definition) is 8. The minimum absolute atomic E-state index is 0.296. The summed E-state index contributed by atoms with van der Waals surface area (Å²) < 4.78 is 18.2. The number of ether oxygens (including phenoxy) is 3. The molecule has 4 aromatic rings. The van der Waals surface area contributed by atoms with E-state index in [1.165, 1.54) is 0 Å². The Balaban J connectivity index is 1.59. The number of methoxy groups -OCH3 is 3. The molecular weight excluding hydrogens is 408 g/mol. The van der Waals surface area contributed by atoms with Crippen molar-refractivity contribution in [3.05, 3.63) is 47.8 Å². The predicted octanol–water partition coefficient (Wildman–Crippen LogP) is 2.99. The monoisotopic (exact) mass is 434 g/mol. The fraction of sp³-hybridized carbons (Fsp3) is 0.348. The molecule has 2 N–H and O–H groups in total. The summed E-state index contributed by atoms with van der Waals surface area (Å²) in [6.45, 7) is 2.36. The highest BCUT2D eigenvalue weighted by Gasteiger charge is 2.23. The summed E-state index contributed by atoms with van der Waals surface area (Å²) in [5, 5.41) is 12.5. The van der Waals surface area contributed by atoms with E-state index in [4.69, 9.17) is 29.3 Å². The third-order valence-corrected chi connectivity index (χ3v) is 5.86. The number of nitrogens with zero attached hydrogens (tertiary/aromatic N) is 4. The Kier molecular flexibility index (Phi) is 5.40. The molecule has 32 heavy (non-hydrogen) atoms. The predicted molar refractivity (Wildman–Crippen MR) is 122 cm³/mol. The van der Waals surface area contributed by atoms with E-state index in [1.807, 2.05) is 36.4 Å². The molecule has 1 fully saturated rings. The van der Waals surface area contributed by atoms with Crippen molar-refractivity contribution in [3.8, 4) is 17.2 Å². The standard InChI is InChI=1S/C23H26N6O3/c1-30-16-8-7-14(19(11-16)32-3)13-25-23-26-20-17(5-4-6-18(20)31-2)22-27-21(28-29(22)23)15-9-10-24-12-15/h4-8,11,15,24H,9-10,12-13H2,1-3H3,(H,25,26). The van der Waals surface area contributed by atoms with Crippen LogP contribution in [-0.2, 0) is 6.54 Å². The lowest BCUT2D eigenvalue weighted by Gasteiger charge is -2.13. The second-order valence-electron chi connectivity index (χ2n) is 7.72. The quantitative estimate of drug-likeness (QED) is 0.458. The van der Waals surface area contributed by atoms with Crippen molar-refractivity contribution in [2.24, 2.45) is 0 Å². The highest BCUT2D eigenvalue weighted by Crippen LogP contribution is 2.31. The van der Waals surface area contributed by atoms with Gasteiger partial charge < -0.3 is 24.8 Å². The molecule has 1 atom stereocenters. The van der Waals surface area contributed by atoms with E-state index in [9.17, 15) is 0 Å². The van der Waals surface area contributed by atoms with Gasteiger partial charge in [-0.3, -0.25) is 0 Å². The first-order valence-corrected chi connectivity index (χ1v) is 10.6. The van der Waals surface area contributed by atoms with Crippen LogP contribution in [0.3, 0.4) is 0 Å². The number of benzene rings is 2. The van der Waals surface area contributed by atoms with Gasteiger partial charge in [0.25, 0.3) is 0 Å². The van der Waals surface area contributed by atoms with Crippen LogP contribution in [0.2, 0.25) is 0 Å². The molecule has 0 spiro atoms. The summed E-state index contributed by atoms with van der Waals surface area (Å²) in [5.41, 5.74) is 2.49. The molecule has 0 saturated carbocycles. The average molecular weight is 435 g/mol. The number of aromatic nitrogens is 4. The molecular formula is C23H26N6O3. The van der Waals surface area contributed by atoms with Crippen LogP contribution in [0.4, 0.5) is 5.95 Å². The van der Waals surface area contributed by atoms with Crippen molar-refractivity contribution in [1.29, 1.82) is 0 Å². The second kappa shape index (κ2) is 8.51. The SMILES string of the molecule is COc1ccc(CNc2nc3c(OC)cccc3c3nc(C4CCNC4)nn23)c(OC)c1. The highest BCUT2D eigenvalue weighted by molar-refractivity contribution is 5.96. The molecule has 3 heterocycles. The Hall–Kier alpha value is -3.59. The molecule has 0 amide bonds. The zero-order valence-corrected chi connectivity index (χ0v) is 18.4. The third-order valence-electron chi connectivity index (χ3n) is 5.86. The van der Waals surface area contributed by atoms with Crippen molar-refractivity contribution in [1.82, 2.24) is 24.9 Å². The Morgan fingerprint density at radius 2 is 1.94 bits per heavy atom. The Morgan fingerprint density at radius 1 is 1.06 bits per heavy atom. The van der Waals surface area contributed by atoms with Gasteiger partial charge in [-0.15, -0.1) is 5.10 Å². The van der Waals surface area contributed by atoms with Gasteiger partial charge in [-0.2, -0.15) is 4.52 Å². The first-order valence-electron chi connectivity index (χ1n) is 10.6. The number of anilines is 1. The zero-order valence-electron chi connectivity index (χ0n) is 18.4. The molecule has 0 aliphatic carbocycles. The summed E-state index contributed by atoms with van der Waals surface area (Å²) in [6, 6.07) is 11.6. The fourth-order valence-corrected chi connectivity index (χ4v) is 4.12. The zero-order chi connectivity index (χ0) is 22.1. The van der Waals surface area contributed by atoms with E-state index in [-0.39, 0.29) is 0 Å². The van der Waals surface area contributed by atoms with Crippen LogP contribution in [0.15, 0.2) is 36.4 Å². The number of para-hydroxylation sites is 1. The molecule has 0 radical (unpaired) electrons. The first-order chi connectivity index (χ1) is 15.7. The van der Waals surface area contributed by atoms with Crippen LogP contribution in [0.25, 0.3) is 16.6 Å². The summed E-state index contributed by atoms with van der Waals surface area (Å²) in [4.78, 5) is 9.77. The summed E-state index contributed by atoms with van der Waals surface area (Å²) in [5.74, 6) is 3.90. The lowest BCUT2D eigenvalue weighted by atomic mass is 10.1. The van der Waals surface area contributed by atoms with Gasteiger partial charge in [0.05, 0.1) is 21.3 Å². The second-order valence-corrected chi connectivity index (χ2v) is 7.72. The number of nitrogens with one attached hydrogen (secondary N) is 2. The van der Waals surface area contributed by atoms with E-state index >= 15 is 0 Å². The van der Waals surface area contributed by atoms with Crippen LogP contribution in [-0.4, -0.2) is 54.0 Å². The first kappa shape index (κ1) is 20.3. The molecule has 9 heteroatoms. The topological polar surface area (TPSA) is 94.8 Å². The molecule has 9 nitrogen and oxygen atoms in total. The van der Waals surface area contributed by atoms with E-state index < -0.39 is 0 Å². The molecule has 1 aliphatic heterocycles. The third kappa shape index (κ3) is 3.54. The normalized spacial score (nSPS) is 15.9. The Labute approximate surface area is 185 Å². The average Bonchev–Trinajstić information content (AvgIpc) is 3.52. The Morgan fingerprint density at radius 3 is 2.69 bits per heavy atom. The maximum atomic E-state index is 5.57. The van der Waals surface area contributed by atoms with Gasteiger partial charge in [-0.05, 0) is 37.2 Å². The molecule has 1 aliphatic rings. The largest absolute Gasteiger partial charge is 0.497 e.